The van der Waals surface area contributed by atoms with Crippen molar-refractivity contribution < 1.29 is 14.6 Å². The highest BCUT2D eigenvalue weighted by Gasteiger charge is 2.12. The second-order valence-corrected chi connectivity index (χ2v) is 4.07. The van der Waals surface area contributed by atoms with Crippen molar-refractivity contribution in [2.24, 2.45) is 0 Å². The third-order valence-electron chi connectivity index (χ3n) is 2.24. The van der Waals surface area contributed by atoms with Gasteiger partial charge in [-0.2, -0.15) is 0 Å². The van der Waals surface area contributed by atoms with Crippen LogP contribution in [0.4, 0.5) is 0 Å². The molecule has 0 heterocycles. The molecule has 94 valence electrons. The molecular weight excluding hydrogens is 218 g/mol. The lowest BCUT2D eigenvalue weighted by Crippen LogP contribution is -2.31. The molecule has 0 aliphatic carbocycles. The lowest BCUT2D eigenvalue weighted by molar-refractivity contribution is -0.146. The van der Waals surface area contributed by atoms with Crippen LogP contribution in [0.1, 0.15) is 25.5 Å². The molecule has 0 aliphatic rings. The van der Waals surface area contributed by atoms with Gasteiger partial charge in [-0.05, 0) is 19.4 Å². The molecule has 0 bridgehead atoms. The summed E-state index contributed by atoms with van der Waals surface area (Å²) in [5.41, 5.74) is 0.951. The molecule has 1 unspecified atom stereocenters. The van der Waals surface area contributed by atoms with Gasteiger partial charge in [-0.15, -0.1) is 0 Å². The van der Waals surface area contributed by atoms with E-state index in [1.54, 1.807) is 13.8 Å². The highest BCUT2D eigenvalue weighted by Crippen LogP contribution is 2.10. The molecule has 1 rings (SSSR count). The third kappa shape index (κ3) is 4.97. The first-order valence-electron chi connectivity index (χ1n) is 5.72. The molecule has 0 saturated heterocycles. The fourth-order valence-corrected chi connectivity index (χ4v) is 1.48. The second-order valence-electron chi connectivity index (χ2n) is 4.07. The summed E-state index contributed by atoms with van der Waals surface area (Å²) in [6.07, 6.45) is -0.117. The van der Waals surface area contributed by atoms with Crippen molar-refractivity contribution in [3.05, 3.63) is 35.9 Å². The van der Waals surface area contributed by atoms with Crippen molar-refractivity contribution in [2.45, 2.75) is 26.0 Å². The van der Waals surface area contributed by atoms with Gasteiger partial charge in [0.25, 0.3) is 0 Å². The Labute approximate surface area is 102 Å². The normalized spacial score (nSPS) is 12.5. The fourth-order valence-electron chi connectivity index (χ4n) is 1.48. The number of ether oxygens (including phenoxy) is 1. The highest BCUT2D eigenvalue weighted by atomic mass is 16.5. The van der Waals surface area contributed by atoms with Gasteiger partial charge in [-0.1, -0.05) is 30.3 Å². The maximum atomic E-state index is 11.3. The summed E-state index contributed by atoms with van der Waals surface area (Å²) in [6.45, 7) is 3.65. The molecule has 4 heteroatoms. The van der Waals surface area contributed by atoms with Gasteiger partial charge >= 0.3 is 5.97 Å². The van der Waals surface area contributed by atoms with Crippen LogP contribution >= 0.6 is 0 Å². The Morgan fingerprint density at radius 2 is 2.00 bits per heavy atom. The summed E-state index contributed by atoms with van der Waals surface area (Å²) >= 11 is 0. The SMILES string of the molecule is CC(C)OC(=O)CNC(CO)c1ccccc1. The van der Waals surface area contributed by atoms with E-state index in [0.717, 1.165) is 5.56 Å². The van der Waals surface area contributed by atoms with Gasteiger partial charge in [0.05, 0.1) is 25.3 Å². The molecule has 0 amide bonds. The Hall–Kier alpha value is -1.39. The summed E-state index contributed by atoms with van der Waals surface area (Å²) < 4.78 is 5.00. The average molecular weight is 237 g/mol. The number of carbonyl (C=O) groups is 1. The van der Waals surface area contributed by atoms with Crippen molar-refractivity contribution in [3.63, 3.8) is 0 Å². The molecule has 4 nitrogen and oxygen atoms in total. The van der Waals surface area contributed by atoms with Gasteiger partial charge in [-0.25, -0.2) is 0 Å². The summed E-state index contributed by atoms with van der Waals surface area (Å²) in [5, 5.41) is 12.2. The zero-order valence-electron chi connectivity index (χ0n) is 10.2. The van der Waals surface area contributed by atoms with Crippen molar-refractivity contribution in [3.8, 4) is 0 Å². The quantitative estimate of drug-likeness (QED) is 0.731. The van der Waals surface area contributed by atoms with Crippen LogP contribution in [0.2, 0.25) is 0 Å². The Morgan fingerprint density at radius 1 is 1.35 bits per heavy atom. The monoisotopic (exact) mass is 237 g/mol. The van der Waals surface area contributed by atoms with Crippen LogP contribution in [0.15, 0.2) is 30.3 Å². The molecule has 1 aromatic rings. The molecule has 0 saturated carbocycles. The molecule has 1 aromatic carbocycles. The van der Waals surface area contributed by atoms with E-state index in [2.05, 4.69) is 5.32 Å². The molecule has 0 radical (unpaired) electrons. The Kier molecular flexibility index (Phi) is 5.66. The average Bonchev–Trinajstić information content (AvgIpc) is 2.30. The molecule has 1 atom stereocenters. The van der Waals surface area contributed by atoms with Gasteiger partial charge < -0.3 is 9.84 Å². The van der Waals surface area contributed by atoms with Crippen LogP contribution < -0.4 is 5.32 Å². The number of aliphatic hydroxyl groups is 1. The van der Waals surface area contributed by atoms with Gasteiger partial charge in [0.1, 0.15) is 0 Å². The first kappa shape index (κ1) is 13.7. The number of hydrogen-bond acceptors (Lipinski definition) is 4. The van der Waals surface area contributed by atoms with E-state index in [-0.39, 0.29) is 31.3 Å². The Morgan fingerprint density at radius 3 is 2.53 bits per heavy atom. The van der Waals surface area contributed by atoms with Crippen molar-refractivity contribution in [1.82, 2.24) is 5.32 Å². The number of benzene rings is 1. The summed E-state index contributed by atoms with van der Waals surface area (Å²) in [5.74, 6) is -0.311. The maximum Gasteiger partial charge on any atom is 0.320 e. The number of rotatable bonds is 6. The van der Waals surface area contributed by atoms with Crippen molar-refractivity contribution in [2.75, 3.05) is 13.2 Å². The van der Waals surface area contributed by atoms with Crippen LogP contribution in [-0.4, -0.2) is 30.3 Å². The third-order valence-corrected chi connectivity index (χ3v) is 2.24. The van der Waals surface area contributed by atoms with Gasteiger partial charge in [-0.3, -0.25) is 10.1 Å². The molecule has 2 N–H and O–H groups in total. The molecule has 0 fully saturated rings. The largest absolute Gasteiger partial charge is 0.462 e. The number of nitrogens with one attached hydrogen (secondary N) is 1. The van der Waals surface area contributed by atoms with Crippen LogP contribution in [0.25, 0.3) is 0 Å². The lowest BCUT2D eigenvalue weighted by Gasteiger charge is -2.16. The minimum absolute atomic E-state index is 0.0566. The van der Waals surface area contributed by atoms with Gasteiger partial charge in [0.15, 0.2) is 0 Å². The van der Waals surface area contributed by atoms with Crippen molar-refractivity contribution in [1.29, 1.82) is 0 Å². The smallest absolute Gasteiger partial charge is 0.320 e. The van der Waals surface area contributed by atoms with E-state index in [9.17, 15) is 9.90 Å². The number of hydrogen-bond donors (Lipinski definition) is 2. The van der Waals surface area contributed by atoms with E-state index in [0.29, 0.717) is 0 Å². The van der Waals surface area contributed by atoms with Crippen molar-refractivity contribution >= 4 is 5.97 Å². The fraction of sp³-hybridized carbons (Fsp3) is 0.462. The van der Waals surface area contributed by atoms with Crippen LogP contribution in [0.5, 0.6) is 0 Å². The van der Waals surface area contributed by atoms with E-state index in [1.165, 1.54) is 0 Å². The maximum absolute atomic E-state index is 11.3. The Balaban J connectivity index is 2.46. The van der Waals surface area contributed by atoms with E-state index >= 15 is 0 Å². The molecule has 0 aliphatic heterocycles. The minimum Gasteiger partial charge on any atom is -0.462 e. The Bertz CT molecular complexity index is 338. The van der Waals surface area contributed by atoms with Gasteiger partial charge in [0.2, 0.25) is 0 Å². The molecule has 0 spiro atoms. The predicted molar refractivity (Wildman–Crippen MR) is 65.5 cm³/mol. The van der Waals surface area contributed by atoms with Crippen LogP contribution in [-0.2, 0) is 9.53 Å². The second kappa shape index (κ2) is 7.04. The summed E-state index contributed by atoms with van der Waals surface area (Å²) in [4.78, 5) is 11.3. The molecule has 0 aromatic heterocycles. The zero-order valence-corrected chi connectivity index (χ0v) is 10.2. The van der Waals surface area contributed by atoms with Crippen LogP contribution in [0.3, 0.4) is 0 Å². The predicted octanol–water partition coefficient (Wildman–Crippen LogP) is 1.26. The first-order chi connectivity index (χ1) is 8.13. The highest BCUT2D eigenvalue weighted by molar-refractivity contribution is 5.71. The topological polar surface area (TPSA) is 58.6 Å². The van der Waals surface area contributed by atoms with E-state index in [1.807, 2.05) is 30.3 Å². The van der Waals surface area contributed by atoms with E-state index < -0.39 is 0 Å². The van der Waals surface area contributed by atoms with Gasteiger partial charge in [0, 0.05) is 0 Å². The summed E-state index contributed by atoms with van der Waals surface area (Å²) in [7, 11) is 0. The standard InChI is InChI=1S/C13H19NO3/c1-10(2)17-13(16)8-14-12(9-15)11-6-4-3-5-7-11/h3-7,10,12,14-15H,8-9H2,1-2H3. The van der Waals surface area contributed by atoms with Crippen LogP contribution in [0, 0.1) is 0 Å². The molecule has 17 heavy (non-hydrogen) atoms. The lowest BCUT2D eigenvalue weighted by atomic mass is 10.1. The first-order valence-corrected chi connectivity index (χ1v) is 5.72. The molecular formula is C13H19NO3. The zero-order chi connectivity index (χ0) is 12.7. The minimum atomic E-state index is -0.311. The van der Waals surface area contributed by atoms with E-state index in [4.69, 9.17) is 4.74 Å². The number of esters is 1. The number of aliphatic hydroxyl groups excluding tert-OH is 1. The number of carbonyl (C=O) groups excluding carboxylic acids is 1. The summed E-state index contributed by atoms with van der Waals surface area (Å²) in [6, 6.07) is 9.27.